The third kappa shape index (κ3) is 7.69. The summed E-state index contributed by atoms with van der Waals surface area (Å²) >= 11 is 6.39. The van der Waals surface area contributed by atoms with E-state index < -0.39 is 35.2 Å². The number of halogens is 4. The maximum absolute atomic E-state index is 14.1. The fourth-order valence-electron chi connectivity index (χ4n) is 5.42. The molecule has 1 N–H and O–H groups in total. The van der Waals surface area contributed by atoms with Crippen molar-refractivity contribution in [2.24, 2.45) is 0 Å². The maximum Gasteiger partial charge on any atom is 0.417 e. The molecule has 0 saturated carbocycles. The molecule has 2 atom stereocenters. The lowest BCUT2D eigenvalue weighted by Gasteiger charge is -2.39. The first-order valence-electron chi connectivity index (χ1n) is 14.4. The fourth-order valence-corrected chi connectivity index (χ4v) is 5.68. The van der Waals surface area contributed by atoms with Crippen molar-refractivity contribution in [1.82, 2.24) is 30.1 Å². The van der Waals surface area contributed by atoms with Gasteiger partial charge in [-0.3, -0.25) is 19.6 Å². The smallest absolute Gasteiger partial charge is 0.417 e. The standard InChI is InChI=1S/C32H32ClF3N6O3/c1-41(2)12-6-14-45-28-17-24(32(34,35)36)22(18-39-28)30(43)40-26-9-13-42(19-23(26)20-7-4-3-5-8-20)31(44)21-15-25(33)29-27(16-21)37-10-11-38-29/h3-5,7-8,10-11,15-18,23,26H,6,9,12-14,19H2,1-2H3,(H,40,43)/t23-,26-/m1/s1. The SMILES string of the molecule is CN(C)CCCOc1cc(C(F)(F)F)c(C(=O)N[C@@H]2CCN(C(=O)c3cc(Cl)c4nccnc4c3)C[C@@H]2c2ccccc2)cn1. The van der Waals surface area contributed by atoms with Crippen LogP contribution in [0.15, 0.2) is 67.1 Å². The van der Waals surface area contributed by atoms with E-state index in [1.165, 1.54) is 12.4 Å². The van der Waals surface area contributed by atoms with E-state index in [0.29, 0.717) is 41.0 Å². The van der Waals surface area contributed by atoms with E-state index in [9.17, 15) is 22.8 Å². The van der Waals surface area contributed by atoms with Crippen LogP contribution in [0.4, 0.5) is 13.2 Å². The molecule has 0 spiro atoms. The highest BCUT2D eigenvalue weighted by Crippen LogP contribution is 2.35. The van der Waals surface area contributed by atoms with E-state index in [4.69, 9.17) is 16.3 Å². The summed E-state index contributed by atoms with van der Waals surface area (Å²) in [4.78, 5) is 43.1. The van der Waals surface area contributed by atoms with Gasteiger partial charge in [0, 0.05) is 61.8 Å². The minimum Gasteiger partial charge on any atom is -0.478 e. The van der Waals surface area contributed by atoms with Crippen molar-refractivity contribution >= 4 is 34.4 Å². The van der Waals surface area contributed by atoms with E-state index in [2.05, 4.69) is 20.3 Å². The van der Waals surface area contributed by atoms with Crippen LogP contribution in [0, 0.1) is 0 Å². The minimum atomic E-state index is -4.81. The molecule has 5 rings (SSSR count). The van der Waals surface area contributed by atoms with Crippen LogP contribution in [0.2, 0.25) is 5.02 Å². The number of likely N-dealkylation sites (tertiary alicyclic amines) is 1. The van der Waals surface area contributed by atoms with Gasteiger partial charge in [-0.15, -0.1) is 0 Å². The number of amides is 2. The summed E-state index contributed by atoms with van der Waals surface area (Å²) in [5.41, 5.74) is 0.411. The molecule has 3 heterocycles. The molecule has 0 radical (unpaired) electrons. The van der Waals surface area contributed by atoms with Gasteiger partial charge >= 0.3 is 6.18 Å². The Bertz CT molecular complexity index is 1670. The molecule has 0 bridgehead atoms. The van der Waals surface area contributed by atoms with Crippen molar-refractivity contribution < 1.29 is 27.5 Å². The number of nitrogens with one attached hydrogen (secondary N) is 1. The molecular weight excluding hydrogens is 609 g/mol. The molecule has 2 amide bonds. The van der Waals surface area contributed by atoms with Crippen molar-refractivity contribution in [3.05, 3.63) is 94.4 Å². The summed E-state index contributed by atoms with van der Waals surface area (Å²) < 4.78 is 47.7. The van der Waals surface area contributed by atoms with Crippen molar-refractivity contribution in [3.8, 4) is 5.88 Å². The molecule has 2 aromatic heterocycles. The number of nitrogens with zero attached hydrogens (tertiary/aromatic N) is 5. The summed E-state index contributed by atoms with van der Waals surface area (Å²) in [5, 5.41) is 3.11. The number of alkyl halides is 3. The first-order chi connectivity index (χ1) is 21.5. The summed E-state index contributed by atoms with van der Waals surface area (Å²) in [7, 11) is 3.77. The number of hydrogen-bond donors (Lipinski definition) is 1. The average molecular weight is 641 g/mol. The zero-order valence-corrected chi connectivity index (χ0v) is 25.5. The Morgan fingerprint density at radius 3 is 2.58 bits per heavy atom. The van der Waals surface area contributed by atoms with E-state index in [1.54, 1.807) is 17.0 Å². The first kappa shape index (κ1) is 32.1. The highest BCUT2D eigenvalue weighted by molar-refractivity contribution is 6.35. The lowest BCUT2D eigenvalue weighted by molar-refractivity contribution is -0.138. The number of ether oxygens (including phenoxy) is 1. The number of carbonyl (C=O) groups is 2. The molecule has 4 aromatic rings. The third-order valence-electron chi connectivity index (χ3n) is 7.65. The topological polar surface area (TPSA) is 101 Å². The first-order valence-corrected chi connectivity index (χ1v) is 14.8. The van der Waals surface area contributed by atoms with E-state index in [-0.39, 0.29) is 31.5 Å². The molecule has 0 unspecified atom stereocenters. The van der Waals surface area contributed by atoms with Gasteiger partial charge in [-0.25, -0.2) is 4.98 Å². The lowest BCUT2D eigenvalue weighted by Crippen LogP contribution is -2.51. The predicted octanol–water partition coefficient (Wildman–Crippen LogP) is 5.46. The predicted molar refractivity (Wildman–Crippen MR) is 163 cm³/mol. The highest BCUT2D eigenvalue weighted by Gasteiger charge is 2.39. The second kappa shape index (κ2) is 13.8. The maximum atomic E-state index is 14.1. The van der Waals surface area contributed by atoms with Gasteiger partial charge in [0.25, 0.3) is 11.8 Å². The molecule has 1 aliphatic heterocycles. The van der Waals surface area contributed by atoms with Crippen LogP contribution in [-0.2, 0) is 6.18 Å². The zero-order valence-electron chi connectivity index (χ0n) is 24.7. The van der Waals surface area contributed by atoms with E-state index in [0.717, 1.165) is 17.8 Å². The quantitative estimate of drug-likeness (QED) is 0.243. The Kier molecular flexibility index (Phi) is 9.83. The van der Waals surface area contributed by atoms with Crippen molar-refractivity contribution in [1.29, 1.82) is 0 Å². The lowest BCUT2D eigenvalue weighted by atomic mass is 9.85. The van der Waals surface area contributed by atoms with Gasteiger partial charge in [-0.2, -0.15) is 13.2 Å². The molecule has 2 aromatic carbocycles. The summed E-state index contributed by atoms with van der Waals surface area (Å²) in [6, 6.07) is 12.6. The number of fused-ring (bicyclic) bond motifs is 1. The molecule has 1 fully saturated rings. The van der Waals surface area contributed by atoms with E-state index in [1.807, 2.05) is 49.3 Å². The fraction of sp³-hybridized carbons (Fsp3) is 0.344. The van der Waals surface area contributed by atoms with Gasteiger partial charge in [0.15, 0.2) is 0 Å². The van der Waals surface area contributed by atoms with Gasteiger partial charge in [-0.05, 0) is 44.6 Å². The molecule has 45 heavy (non-hydrogen) atoms. The Labute approximate surface area is 263 Å². The van der Waals surface area contributed by atoms with E-state index >= 15 is 0 Å². The number of pyridine rings is 1. The van der Waals surface area contributed by atoms with Crippen LogP contribution in [-0.4, -0.2) is 82.9 Å². The number of carbonyl (C=O) groups excluding carboxylic acids is 2. The number of rotatable bonds is 9. The minimum absolute atomic E-state index is 0.183. The molecule has 0 aliphatic carbocycles. The van der Waals surface area contributed by atoms with Crippen molar-refractivity contribution in [2.45, 2.75) is 31.0 Å². The van der Waals surface area contributed by atoms with Crippen molar-refractivity contribution in [2.75, 3.05) is 40.3 Å². The molecule has 236 valence electrons. The Morgan fingerprint density at radius 2 is 1.84 bits per heavy atom. The Morgan fingerprint density at radius 1 is 1.09 bits per heavy atom. The molecule has 9 nitrogen and oxygen atoms in total. The van der Waals surface area contributed by atoms with Crippen LogP contribution < -0.4 is 10.1 Å². The summed E-state index contributed by atoms with van der Waals surface area (Å²) in [6.45, 7) is 1.36. The third-order valence-corrected chi connectivity index (χ3v) is 7.94. The monoisotopic (exact) mass is 640 g/mol. The molecule has 13 heteroatoms. The van der Waals surface area contributed by atoms with Crippen molar-refractivity contribution in [3.63, 3.8) is 0 Å². The zero-order chi connectivity index (χ0) is 32.1. The van der Waals surface area contributed by atoms with Crippen LogP contribution in [0.3, 0.4) is 0 Å². The number of piperidine rings is 1. The second-order valence-electron chi connectivity index (χ2n) is 11.1. The van der Waals surface area contributed by atoms with Gasteiger partial charge < -0.3 is 19.9 Å². The number of benzene rings is 2. The van der Waals surface area contributed by atoms with Crippen LogP contribution in [0.25, 0.3) is 11.0 Å². The summed E-state index contributed by atoms with van der Waals surface area (Å²) in [5.74, 6) is -1.78. The molecule has 1 aliphatic rings. The number of hydrogen-bond acceptors (Lipinski definition) is 7. The Balaban J connectivity index is 1.36. The van der Waals surface area contributed by atoms with Gasteiger partial charge in [0.1, 0.15) is 5.52 Å². The number of aromatic nitrogens is 3. The van der Waals surface area contributed by atoms with Gasteiger partial charge in [0.05, 0.1) is 28.3 Å². The average Bonchev–Trinajstić information content (AvgIpc) is 3.02. The van der Waals surface area contributed by atoms with Gasteiger partial charge in [0.2, 0.25) is 5.88 Å². The summed E-state index contributed by atoms with van der Waals surface area (Å²) in [6.07, 6.45) is 0.0315. The van der Waals surface area contributed by atoms with Gasteiger partial charge in [-0.1, -0.05) is 41.9 Å². The Hall–Kier alpha value is -4.29. The van der Waals surface area contributed by atoms with Crippen LogP contribution in [0.1, 0.15) is 50.6 Å². The van der Waals surface area contributed by atoms with Crippen LogP contribution >= 0.6 is 11.6 Å². The molecular formula is C32H32ClF3N6O3. The second-order valence-corrected chi connectivity index (χ2v) is 11.5. The van der Waals surface area contributed by atoms with Crippen LogP contribution in [0.5, 0.6) is 5.88 Å². The molecule has 1 saturated heterocycles. The largest absolute Gasteiger partial charge is 0.478 e. The normalized spacial score (nSPS) is 17.0. The highest BCUT2D eigenvalue weighted by atomic mass is 35.5.